The number of benzene rings is 2. The number of aliphatic hydroxyl groups excluding tert-OH is 1. The van der Waals surface area contributed by atoms with Crippen LogP contribution in [0.2, 0.25) is 0 Å². The minimum Gasteiger partial charge on any atom is -0.393 e. The van der Waals surface area contributed by atoms with Gasteiger partial charge in [-0.2, -0.15) is 0 Å². The molecule has 138 valence electrons. The van der Waals surface area contributed by atoms with Gasteiger partial charge < -0.3 is 10.0 Å². The van der Waals surface area contributed by atoms with Gasteiger partial charge in [-0.15, -0.1) is 0 Å². The van der Waals surface area contributed by atoms with Gasteiger partial charge >= 0.3 is 0 Å². The highest BCUT2D eigenvalue weighted by atomic mass is 19.1. The molecule has 1 saturated heterocycles. The second-order valence-corrected chi connectivity index (χ2v) is 5.73. The van der Waals surface area contributed by atoms with E-state index in [9.17, 15) is 29.7 Å². The van der Waals surface area contributed by atoms with Gasteiger partial charge in [0, 0.05) is 43.0 Å². The molecule has 0 aromatic heterocycles. The lowest BCUT2D eigenvalue weighted by atomic mass is 10.1. The SMILES string of the molecule is O=[N+]([O-])c1ccc(F)cc1.O=[N+]([O-])c1ccc(N2CCC(O)CC2)cc1. The average Bonchev–Trinajstić information content (AvgIpc) is 2.63. The Morgan fingerprint density at radius 3 is 1.73 bits per heavy atom. The summed E-state index contributed by atoms with van der Waals surface area (Å²) in [6, 6.07) is 10.9. The fraction of sp³-hybridized carbons (Fsp3) is 0.294. The van der Waals surface area contributed by atoms with E-state index in [2.05, 4.69) is 4.90 Å². The fourth-order valence-electron chi connectivity index (χ4n) is 2.47. The Hall–Kier alpha value is -3.07. The van der Waals surface area contributed by atoms with Gasteiger partial charge in [0.15, 0.2) is 0 Å². The number of nitro groups is 2. The van der Waals surface area contributed by atoms with Gasteiger partial charge in [0.1, 0.15) is 5.82 Å². The van der Waals surface area contributed by atoms with Crippen molar-refractivity contribution in [2.75, 3.05) is 18.0 Å². The van der Waals surface area contributed by atoms with E-state index in [1.54, 1.807) is 12.1 Å². The molecule has 1 fully saturated rings. The summed E-state index contributed by atoms with van der Waals surface area (Å²) in [6.45, 7) is 1.61. The summed E-state index contributed by atoms with van der Waals surface area (Å²) < 4.78 is 12.1. The minimum atomic E-state index is -0.570. The van der Waals surface area contributed by atoms with E-state index in [0.717, 1.165) is 55.9 Å². The number of hydrogen-bond donors (Lipinski definition) is 1. The number of nitro benzene ring substituents is 2. The van der Waals surface area contributed by atoms with Gasteiger partial charge in [0.25, 0.3) is 11.4 Å². The third-order valence-corrected chi connectivity index (χ3v) is 3.93. The zero-order valence-electron chi connectivity index (χ0n) is 13.8. The monoisotopic (exact) mass is 363 g/mol. The normalized spacial score (nSPS) is 14.3. The number of anilines is 1. The molecule has 0 aliphatic carbocycles. The molecule has 0 bridgehead atoms. The Bertz CT molecular complexity index is 744. The second kappa shape index (κ2) is 8.86. The van der Waals surface area contributed by atoms with Crippen molar-refractivity contribution in [2.45, 2.75) is 18.9 Å². The Morgan fingerprint density at radius 2 is 1.31 bits per heavy atom. The van der Waals surface area contributed by atoms with Crippen molar-refractivity contribution in [3.63, 3.8) is 0 Å². The molecule has 0 unspecified atom stereocenters. The van der Waals surface area contributed by atoms with Crippen molar-refractivity contribution in [1.29, 1.82) is 0 Å². The highest BCUT2D eigenvalue weighted by Crippen LogP contribution is 2.22. The number of non-ortho nitro benzene ring substituents is 2. The van der Waals surface area contributed by atoms with E-state index in [4.69, 9.17) is 0 Å². The predicted octanol–water partition coefficient (Wildman–Crippen LogP) is 3.29. The van der Waals surface area contributed by atoms with Crippen molar-refractivity contribution in [2.24, 2.45) is 0 Å². The first-order valence-electron chi connectivity index (χ1n) is 7.94. The molecule has 3 rings (SSSR count). The minimum absolute atomic E-state index is 0.0959. The first kappa shape index (κ1) is 19.3. The molecule has 1 heterocycles. The molecule has 8 nitrogen and oxygen atoms in total. The van der Waals surface area contributed by atoms with Crippen LogP contribution >= 0.6 is 0 Å². The fourth-order valence-corrected chi connectivity index (χ4v) is 2.47. The Labute approximate surface area is 148 Å². The van der Waals surface area contributed by atoms with E-state index >= 15 is 0 Å². The number of nitrogens with zero attached hydrogens (tertiary/aromatic N) is 3. The van der Waals surface area contributed by atoms with Crippen molar-refractivity contribution in [1.82, 2.24) is 0 Å². The molecular formula is C17H18FN3O5. The first-order chi connectivity index (χ1) is 12.4. The highest BCUT2D eigenvalue weighted by molar-refractivity contribution is 5.51. The van der Waals surface area contributed by atoms with Crippen molar-refractivity contribution >= 4 is 17.1 Å². The van der Waals surface area contributed by atoms with E-state index in [1.807, 2.05) is 0 Å². The van der Waals surface area contributed by atoms with Gasteiger partial charge in [0.2, 0.25) is 0 Å². The van der Waals surface area contributed by atoms with Crippen LogP contribution in [0, 0.1) is 26.0 Å². The zero-order valence-corrected chi connectivity index (χ0v) is 13.8. The van der Waals surface area contributed by atoms with Crippen LogP contribution in [0.4, 0.5) is 21.5 Å². The predicted molar refractivity (Wildman–Crippen MR) is 93.6 cm³/mol. The number of halogens is 1. The van der Waals surface area contributed by atoms with E-state index in [1.165, 1.54) is 12.1 Å². The lowest BCUT2D eigenvalue weighted by Crippen LogP contribution is -2.35. The summed E-state index contributed by atoms with van der Waals surface area (Å²) in [5, 5.41) is 29.9. The van der Waals surface area contributed by atoms with E-state index in [0.29, 0.717) is 0 Å². The number of piperidine rings is 1. The number of aliphatic hydroxyl groups is 1. The molecule has 1 aliphatic heterocycles. The second-order valence-electron chi connectivity index (χ2n) is 5.73. The standard InChI is InChI=1S/C11H14N2O3.C6H4FNO2/c14-11-5-7-12(8-6-11)9-1-3-10(4-2-9)13(15)16;7-5-1-3-6(4-2-5)8(9)10/h1-4,11,14H,5-8H2;1-4H. The van der Waals surface area contributed by atoms with Crippen molar-refractivity contribution in [3.8, 4) is 0 Å². The first-order valence-corrected chi connectivity index (χ1v) is 7.94. The quantitative estimate of drug-likeness (QED) is 0.662. The molecule has 2 aromatic carbocycles. The molecule has 2 aromatic rings. The summed E-state index contributed by atoms with van der Waals surface area (Å²) in [5.41, 5.74) is 1.000. The largest absolute Gasteiger partial charge is 0.393 e. The molecule has 0 atom stereocenters. The number of rotatable bonds is 3. The third kappa shape index (κ3) is 5.49. The maximum Gasteiger partial charge on any atom is 0.269 e. The molecule has 0 saturated carbocycles. The zero-order chi connectivity index (χ0) is 19.1. The van der Waals surface area contributed by atoms with Gasteiger partial charge in [-0.25, -0.2) is 4.39 Å². The van der Waals surface area contributed by atoms with Gasteiger partial charge in [-0.05, 0) is 37.1 Å². The van der Waals surface area contributed by atoms with Gasteiger partial charge in [-0.1, -0.05) is 0 Å². The van der Waals surface area contributed by atoms with Crippen molar-refractivity contribution in [3.05, 3.63) is 74.6 Å². The molecule has 0 radical (unpaired) electrons. The topological polar surface area (TPSA) is 110 Å². The maximum absolute atomic E-state index is 12.1. The van der Waals surface area contributed by atoms with Gasteiger partial charge in [0.05, 0.1) is 16.0 Å². The van der Waals surface area contributed by atoms with Crippen LogP contribution in [-0.4, -0.2) is 34.1 Å². The van der Waals surface area contributed by atoms with Crippen LogP contribution in [-0.2, 0) is 0 Å². The smallest absolute Gasteiger partial charge is 0.269 e. The average molecular weight is 363 g/mol. The molecule has 0 spiro atoms. The number of hydrogen-bond acceptors (Lipinski definition) is 6. The van der Waals surface area contributed by atoms with Crippen LogP contribution in [0.5, 0.6) is 0 Å². The summed E-state index contributed by atoms with van der Waals surface area (Å²) in [4.78, 5) is 21.7. The maximum atomic E-state index is 12.1. The molecule has 1 aliphatic rings. The molecule has 1 N–H and O–H groups in total. The van der Waals surface area contributed by atoms with E-state index < -0.39 is 15.7 Å². The van der Waals surface area contributed by atoms with Crippen molar-refractivity contribution < 1.29 is 19.3 Å². The summed E-state index contributed by atoms with van der Waals surface area (Å²) in [6.07, 6.45) is 1.32. The molecule has 9 heteroatoms. The van der Waals surface area contributed by atoms with Crippen LogP contribution in [0.15, 0.2) is 48.5 Å². The van der Waals surface area contributed by atoms with Crippen LogP contribution in [0.1, 0.15) is 12.8 Å². The molecular weight excluding hydrogens is 345 g/mol. The summed E-state index contributed by atoms with van der Waals surface area (Å²) >= 11 is 0. The van der Waals surface area contributed by atoms with Crippen LogP contribution < -0.4 is 4.90 Å². The van der Waals surface area contributed by atoms with E-state index in [-0.39, 0.29) is 17.5 Å². The lowest BCUT2D eigenvalue weighted by molar-refractivity contribution is -0.385. The third-order valence-electron chi connectivity index (χ3n) is 3.93. The highest BCUT2D eigenvalue weighted by Gasteiger charge is 2.17. The molecule has 0 amide bonds. The van der Waals surface area contributed by atoms with Gasteiger partial charge in [-0.3, -0.25) is 20.2 Å². The van der Waals surface area contributed by atoms with Crippen LogP contribution in [0.3, 0.4) is 0 Å². The molecule has 26 heavy (non-hydrogen) atoms. The lowest BCUT2D eigenvalue weighted by Gasteiger charge is -2.31. The summed E-state index contributed by atoms with van der Waals surface area (Å²) in [5.74, 6) is -0.467. The summed E-state index contributed by atoms with van der Waals surface area (Å²) in [7, 11) is 0. The Balaban J connectivity index is 0.000000209. The Morgan fingerprint density at radius 1 is 0.885 bits per heavy atom. The Kier molecular flexibility index (Phi) is 6.56. The van der Waals surface area contributed by atoms with Crippen LogP contribution in [0.25, 0.3) is 0 Å².